The largest absolute Gasteiger partial charge is 0.443 e. The molecule has 0 saturated carbocycles. The summed E-state index contributed by atoms with van der Waals surface area (Å²) in [4.78, 5) is 4.18. The molecule has 2 aromatic rings. The molecule has 3 nitrogen and oxygen atoms in total. The Morgan fingerprint density at radius 3 is 3.00 bits per heavy atom. The van der Waals surface area contributed by atoms with Crippen LogP contribution in [-0.2, 0) is 6.54 Å². The second kappa shape index (κ2) is 3.94. The van der Waals surface area contributed by atoms with Gasteiger partial charge >= 0.3 is 0 Å². The minimum atomic E-state index is 0.737. The van der Waals surface area contributed by atoms with Gasteiger partial charge in [0, 0.05) is 17.5 Å². The molecule has 0 aliphatic rings. The molecule has 74 valence electrons. The molecule has 2 rings (SSSR count). The van der Waals surface area contributed by atoms with Gasteiger partial charge < -0.3 is 9.73 Å². The van der Waals surface area contributed by atoms with Gasteiger partial charge in [-0.15, -0.1) is 0 Å². The molecule has 0 aliphatic carbocycles. The van der Waals surface area contributed by atoms with E-state index in [4.69, 9.17) is 4.42 Å². The van der Waals surface area contributed by atoms with Crippen LogP contribution < -0.4 is 5.32 Å². The van der Waals surface area contributed by atoms with E-state index in [0.717, 1.165) is 23.6 Å². The summed E-state index contributed by atoms with van der Waals surface area (Å²) in [7, 11) is 1.90. The third-order valence-corrected chi connectivity index (χ3v) is 2.95. The zero-order valence-electron chi connectivity index (χ0n) is 8.20. The topological polar surface area (TPSA) is 38.1 Å². The number of aryl methyl sites for hydroxylation is 1. The van der Waals surface area contributed by atoms with E-state index in [1.807, 2.05) is 7.05 Å². The van der Waals surface area contributed by atoms with Gasteiger partial charge in [-0.3, -0.25) is 0 Å². The molecule has 0 bridgehead atoms. The Morgan fingerprint density at radius 1 is 1.50 bits per heavy atom. The Bertz CT molecular complexity index is 419. The molecular formula is C10H12N2OS. The van der Waals surface area contributed by atoms with E-state index in [-0.39, 0.29) is 0 Å². The highest BCUT2D eigenvalue weighted by Gasteiger charge is 2.12. The fourth-order valence-corrected chi connectivity index (χ4v) is 2.20. The van der Waals surface area contributed by atoms with Crippen LogP contribution in [0.15, 0.2) is 21.6 Å². The second-order valence-corrected chi connectivity index (χ2v) is 3.87. The average Bonchev–Trinajstić information content (AvgIpc) is 2.74. The number of thiophene rings is 1. The van der Waals surface area contributed by atoms with Gasteiger partial charge in [-0.05, 0) is 24.9 Å². The van der Waals surface area contributed by atoms with Crippen LogP contribution in [0.4, 0.5) is 0 Å². The molecule has 0 radical (unpaired) electrons. The quantitative estimate of drug-likeness (QED) is 0.841. The maximum Gasteiger partial charge on any atom is 0.181 e. The zero-order chi connectivity index (χ0) is 9.97. The highest BCUT2D eigenvalue weighted by Crippen LogP contribution is 2.29. The van der Waals surface area contributed by atoms with Gasteiger partial charge in [0.15, 0.2) is 12.2 Å². The van der Waals surface area contributed by atoms with Crippen LogP contribution in [0.1, 0.15) is 11.3 Å². The standard InChI is InChI=1S/C10H12N2OS/c1-7-4-14-5-8(7)10-9(3-11-2)12-6-13-10/h4-6,11H,3H2,1-2H3. The Morgan fingerprint density at radius 2 is 2.36 bits per heavy atom. The second-order valence-electron chi connectivity index (χ2n) is 3.13. The summed E-state index contributed by atoms with van der Waals surface area (Å²) < 4.78 is 5.40. The fourth-order valence-electron chi connectivity index (χ4n) is 1.37. The Hall–Kier alpha value is -1.13. The number of nitrogens with one attached hydrogen (secondary N) is 1. The monoisotopic (exact) mass is 208 g/mol. The van der Waals surface area contributed by atoms with Crippen molar-refractivity contribution in [2.24, 2.45) is 0 Å². The Labute approximate surface area is 86.8 Å². The highest BCUT2D eigenvalue weighted by atomic mass is 32.1. The van der Waals surface area contributed by atoms with Crippen LogP contribution in [0.3, 0.4) is 0 Å². The summed E-state index contributed by atoms with van der Waals surface area (Å²) in [5.41, 5.74) is 3.36. The molecule has 0 atom stereocenters. The van der Waals surface area contributed by atoms with E-state index in [9.17, 15) is 0 Å². The first-order chi connectivity index (χ1) is 6.83. The predicted octanol–water partition coefficient (Wildman–Crippen LogP) is 2.43. The minimum absolute atomic E-state index is 0.737. The van der Waals surface area contributed by atoms with E-state index < -0.39 is 0 Å². The first-order valence-electron chi connectivity index (χ1n) is 4.43. The van der Waals surface area contributed by atoms with Crippen LogP contribution in [0, 0.1) is 6.92 Å². The van der Waals surface area contributed by atoms with Crippen LogP contribution in [0.2, 0.25) is 0 Å². The van der Waals surface area contributed by atoms with Crippen molar-refractivity contribution in [1.82, 2.24) is 10.3 Å². The molecule has 4 heteroatoms. The predicted molar refractivity (Wildman–Crippen MR) is 57.3 cm³/mol. The molecule has 2 aromatic heterocycles. The third kappa shape index (κ3) is 1.58. The van der Waals surface area contributed by atoms with Crippen molar-refractivity contribution >= 4 is 11.3 Å². The van der Waals surface area contributed by atoms with Gasteiger partial charge in [0.2, 0.25) is 0 Å². The molecule has 14 heavy (non-hydrogen) atoms. The lowest BCUT2D eigenvalue weighted by Gasteiger charge is -1.99. The van der Waals surface area contributed by atoms with Gasteiger partial charge in [-0.2, -0.15) is 11.3 Å². The van der Waals surface area contributed by atoms with Gasteiger partial charge in [-0.25, -0.2) is 4.98 Å². The number of oxazole rings is 1. The first-order valence-corrected chi connectivity index (χ1v) is 5.37. The number of nitrogens with zero attached hydrogens (tertiary/aromatic N) is 1. The molecule has 2 heterocycles. The van der Waals surface area contributed by atoms with Gasteiger partial charge in [0.25, 0.3) is 0 Å². The van der Waals surface area contributed by atoms with Crippen molar-refractivity contribution in [2.75, 3.05) is 7.05 Å². The van der Waals surface area contributed by atoms with Gasteiger partial charge in [-0.1, -0.05) is 0 Å². The Balaban J connectivity index is 2.41. The number of hydrogen-bond donors (Lipinski definition) is 1. The molecular weight excluding hydrogens is 196 g/mol. The van der Waals surface area contributed by atoms with Crippen molar-refractivity contribution in [3.05, 3.63) is 28.4 Å². The van der Waals surface area contributed by atoms with E-state index in [0.29, 0.717) is 0 Å². The van der Waals surface area contributed by atoms with Crippen molar-refractivity contribution in [1.29, 1.82) is 0 Å². The molecule has 0 spiro atoms. The molecule has 0 saturated heterocycles. The van der Waals surface area contributed by atoms with Gasteiger partial charge in [0.1, 0.15) is 5.69 Å². The van der Waals surface area contributed by atoms with E-state index in [1.165, 1.54) is 12.0 Å². The molecule has 0 fully saturated rings. The third-order valence-electron chi connectivity index (χ3n) is 2.09. The van der Waals surface area contributed by atoms with Crippen molar-refractivity contribution in [3.63, 3.8) is 0 Å². The SMILES string of the molecule is CNCc1ncoc1-c1cscc1C. The number of aromatic nitrogens is 1. The number of rotatable bonds is 3. The molecule has 0 aromatic carbocycles. The van der Waals surface area contributed by atoms with E-state index in [1.54, 1.807) is 11.3 Å². The number of hydrogen-bond acceptors (Lipinski definition) is 4. The van der Waals surface area contributed by atoms with Crippen molar-refractivity contribution in [2.45, 2.75) is 13.5 Å². The lowest BCUT2D eigenvalue weighted by atomic mass is 10.1. The van der Waals surface area contributed by atoms with E-state index in [2.05, 4.69) is 28.0 Å². The molecule has 0 amide bonds. The maximum atomic E-state index is 5.40. The Kier molecular flexibility index (Phi) is 2.65. The van der Waals surface area contributed by atoms with Crippen LogP contribution in [-0.4, -0.2) is 12.0 Å². The van der Waals surface area contributed by atoms with Crippen LogP contribution in [0.5, 0.6) is 0 Å². The fraction of sp³-hybridized carbons (Fsp3) is 0.300. The zero-order valence-corrected chi connectivity index (χ0v) is 9.02. The minimum Gasteiger partial charge on any atom is -0.443 e. The first kappa shape index (κ1) is 9.43. The summed E-state index contributed by atoms with van der Waals surface area (Å²) >= 11 is 1.68. The van der Waals surface area contributed by atoms with E-state index >= 15 is 0 Å². The summed E-state index contributed by atoms with van der Waals surface area (Å²) in [6.07, 6.45) is 1.50. The highest BCUT2D eigenvalue weighted by molar-refractivity contribution is 7.08. The summed E-state index contributed by atoms with van der Waals surface area (Å²) in [6.45, 7) is 2.82. The molecule has 0 unspecified atom stereocenters. The van der Waals surface area contributed by atoms with Crippen LogP contribution in [0.25, 0.3) is 11.3 Å². The van der Waals surface area contributed by atoms with Gasteiger partial charge in [0.05, 0.1) is 0 Å². The summed E-state index contributed by atoms with van der Waals surface area (Å²) in [5.74, 6) is 0.887. The lowest BCUT2D eigenvalue weighted by molar-refractivity contribution is 0.570. The maximum absolute atomic E-state index is 5.40. The molecule has 1 N–H and O–H groups in total. The van der Waals surface area contributed by atoms with Crippen molar-refractivity contribution in [3.8, 4) is 11.3 Å². The summed E-state index contributed by atoms with van der Waals surface area (Å²) in [6, 6.07) is 0. The molecule has 0 aliphatic heterocycles. The normalized spacial score (nSPS) is 10.7. The average molecular weight is 208 g/mol. The van der Waals surface area contributed by atoms with Crippen LogP contribution >= 0.6 is 11.3 Å². The summed E-state index contributed by atoms with van der Waals surface area (Å²) in [5, 5.41) is 7.28. The van der Waals surface area contributed by atoms with Crippen molar-refractivity contribution < 1.29 is 4.42 Å². The smallest absolute Gasteiger partial charge is 0.181 e. The lowest BCUT2D eigenvalue weighted by Crippen LogP contribution is -2.06.